The molecule has 7 nitrogen and oxygen atoms in total. The maximum absolute atomic E-state index is 5.52. The van der Waals surface area contributed by atoms with E-state index in [-0.39, 0.29) is 6.10 Å². The molecule has 1 saturated heterocycles. The molecule has 7 heteroatoms. The molecule has 0 amide bonds. The SMILES string of the molecule is NCc1ccc(-c2nc(C3COCCO3)no2)nc1. The van der Waals surface area contributed by atoms with Crippen molar-refractivity contribution < 1.29 is 14.0 Å². The quantitative estimate of drug-likeness (QED) is 0.868. The fourth-order valence-electron chi connectivity index (χ4n) is 1.78. The summed E-state index contributed by atoms with van der Waals surface area (Å²) in [6.45, 7) is 2.04. The number of pyridine rings is 1. The number of hydrogen-bond acceptors (Lipinski definition) is 7. The lowest BCUT2D eigenvalue weighted by Gasteiger charge is -2.19. The molecule has 1 atom stereocenters. The third kappa shape index (κ3) is 2.62. The molecule has 3 rings (SSSR count). The van der Waals surface area contributed by atoms with Crippen LogP contribution in [0.4, 0.5) is 0 Å². The van der Waals surface area contributed by atoms with Crippen molar-refractivity contribution in [3.63, 3.8) is 0 Å². The van der Waals surface area contributed by atoms with Gasteiger partial charge in [-0.25, -0.2) is 0 Å². The maximum atomic E-state index is 5.52. The number of rotatable bonds is 3. The average molecular weight is 262 g/mol. The molecular weight excluding hydrogens is 248 g/mol. The number of aromatic nitrogens is 3. The first-order valence-corrected chi connectivity index (χ1v) is 6.05. The Morgan fingerprint density at radius 3 is 2.95 bits per heavy atom. The Hall–Kier alpha value is -1.83. The van der Waals surface area contributed by atoms with Crippen LogP contribution in [0.25, 0.3) is 11.6 Å². The van der Waals surface area contributed by atoms with E-state index < -0.39 is 0 Å². The second kappa shape index (κ2) is 5.43. The van der Waals surface area contributed by atoms with Crippen molar-refractivity contribution in [3.8, 4) is 11.6 Å². The third-order valence-electron chi connectivity index (χ3n) is 2.83. The predicted molar refractivity (Wildman–Crippen MR) is 64.9 cm³/mol. The first-order valence-electron chi connectivity index (χ1n) is 6.05. The highest BCUT2D eigenvalue weighted by Gasteiger charge is 2.23. The van der Waals surface area contributed by atoms with Gasteiger partial charge in [0.05, 0.1) is 19.8 Å². The van der Waals surface area contributed by atoms with E-state index in [0.29, 0.717) is 43.8 Å². The largest absolute Gasteiger partial charge is 0.376 e. The van der Waals surface area contributed by atoms with Gasteiger partial charge in [0.1, 0.15) is 11.8 Å². The second-order valence-corrected chi connectivity index (χ2v) is 4.15. The van der Waals surface area contributed by atoms with Gasteiger partial charge in [0.2, 0.25) is 5.82 Å². The summed E-state index contributed by atoms with van der Waals surface area (Å²) in [5.41, 5.74) is 7.09. The molecule has 2 aromatic rings. The maximum Gasteiger partial charge on any atom is 0.276 e. The Morgan fingerprint density at radius 2 is 2.26 bits per heavy atom. The Kier molecular flexibility index (Phi) is 3.49. The van der Waals surface area contributed by atoms with E-state index in [2.05, 4.69) is 15.1 Å². The van der Waals surface area contributed by atoms with Gasteiger partial charge in [0, 0.05) is 12.7 Å². The van der Waals surface area contributed by atoms with Gasteiger partial charge in [-0.1, -0.05) is 11.2 Å². The van der Waals surface area contributed by atoms with Gasteiger partial charge in [-0.2, -0.15) is 4.98 Å². The minimum Gasteiger partial charge on any atom is -0.376 e. The summed E-state index contributed by atoms with van der Waals surface area (Å²) in [4.78, 5) is 8.51. The first kappa shape index (κ1) is 12.2. The van der Waals surface area contributed by atoms with E-state index >= 15 is 0 Å². The molecule has 0 aromatic carbocycles. The normalized spacial score (nSPS) is 19.5. The van der Waals surface area contributed by atoms with Crippen LogP contribution < -0.4 is 5.73 Å². The molecule has 2 aromatic heterocycles. The summed E-state index contributed by atoms with van der Waals surface area (Å²) in [5.74, 6) is 0.854. The highest BCUT2D eigenvalue weighted by molar-refractivity contribution is 5.46. The van der Waals surface area contributed by atoms with Gasteiger partial charge in [-0.3, -0.25) is 4.98 Å². The Balaban J connectivity index is 1.79. The molecule has 3 heterocycles. The van der Waals surface area contributed by atoms with E-state index in [1.807, 2.05) is 6.07 Å². The molecule has 1 aliphatic rings. The van der Waals surface area contributed by atoms with Gasteiger partial charge in [0.15, 0.2) is 0 Å². The molecule has 1 unspecified atom stereocenters. The van der Waals surface area contributed by atoms with Crippen LogP contribution in [0.5, 0.6) is 0 Å². The van der Waals surface area contributed by atoms with Crippen molar-refractivity contribution in [2.45, 2.75) is 12.6 Å². The van der Waals surface area contributed by atoms with Gasteiger partial charge in [0.25, 0.3) is 5.89 Å². The summed E-state index contributed by atoms with van der Waals surface area (Å²) in [6.07, 6.45) is 1.42. The molecule has 100 valence electrons. The van der Waals surface area contributed by atoms with Crippen molar-refractivity contribution in [3.05, 3.63) is 29.7 Å². The number of nitrogens with two attached hydrogens (primary N) is 1. The van der Waals surface area contributed by atoms with Crippen LogP contribution in [0.1, 0.15) is 17.5 Å². The van der Waals surface area contributed by atoms with Crippen molar-refractivity contribution in [1.82, 2.24) is 15.1 Å². The Bertz CT molecular complexity index is 534. The van der Waals surface area contributed by atoms with Crippen molar-refractivity contribution >= 4 is 0 Å². The van der Waals surface area contributed by atoms with E-state index in [1.54, 1.807) is 12.3 Å². The topological polar surface area (TPSA) is 96.3 Å². The fourth-order valence-corrected chi connectivity index (χ4v) is 1.78. The standard InChI is InChI=1S/C12H14N4O3/c13-5-8-1-2-9(14-6-8)12-15-11(16-19-12)10-7-17-3-4-18-10/h1-2,6,10H,3-5,7,13H2. The average Bonchev–Trinajstić information content (AvgIpc) is 2.98. The van der Waals surface area contributed by atoms with Gasteiger partial charge in [-0.05, 0) is 11.6 Å². The zero-order valence-corrected chi connectivity index (χ0v) is 10.3. The molecule has 19 heavy (non-hydrogen) atoms. The molecule has 0 bridgehead atoms. The fraction of sp³-hybridized carbons (Fsp3) is 0.417. The van der Waals surface area contributed by atoms with Crippen molar-refractivity contribution in [2.75, 3.05) is 19.8 Å². The zero-order chi connectivity index (χ0) is 13.1. The molecule has 0 aliphatic carbocycles. The number of nitrogens with zero attached hydrogens (tertiary/aromatic N) is 3. The Morgan fingerprint density at radius 1 is 1.32 bits per heavy atom. The van der Waals surface area contributed by atoms with Gasteiger partial charge < -0.3 is 19.7 Å². The lowest BCUT2D eigenvalue weighted by Crippen LogP contribution is -2.22. The molecule has 0 spiro atoms. The number of ether oxygens (including phenoxy) is 2. The first-order chi connectivity index (χ1) is 9.36. The van der Waals surface area contributed by atoms with Crippen LogP contribution in [0.2, 0.25) is 0 Å². The van der Waals surface area contributed by atoms with E-state index in [1.165, 1.54) is 0 Å². The lowest BCUT2D eigenvalue weighted by atomic mass is 10.2. The smallest absolute Gasteiger partial charge is 0.276 e. The highest BCUT2D eigenvalue weighted by atomic mass is 16.6. The van der Waals surface area contributed by atoms with E-state index in [4.69, 9.17) is 19.7 Å². The third-order valence-corrected chi connectivity index (χ3v) is 2.83. The number of hydrogen-bond donors (Lipinski definition) is 1. The molecule has 1 aliphatic heterocycles. The zero-order valence-electron chi connectivity index (χ0n) is 10.3. The van der Waals surface area contributed by atoms with E-state index in [0.717, 1.165) is 5.56 Å². The van der Waals surface area contributed by atoms with Crippen molar-refractivity contribution in [1.29, 1.82) is 0 Å². The van der Waals surface area contributed by atoms with Crippen molar-refractivity contribution in [2.24, 2.45) is 5.73 Å². The minimum absolute atomic E-state index is 0.269. The summed E-state index contributed by atoms with van der Waals surface area (Å²) >= 11 is 0. The minimum atomic E-state index is -0.269. The summed E-state index contributed by atoms with van der Waals surface area (Å²) in [6, 6.07) is 3.68. The van der Waals surface area contributed by atoms with Crippen LogP contribution >= 0.6 is 0 Å². The van der Waals surface area contributed by atoms with Crippen LogP contribution in [0.15, 0.2) is 22.9 Å². The predicted octanol–water partition coefficient (Wildman–Crippen LogP) is 0.678. The highest BCUT2D eigenvalue weighted by Crippen LogP contribution is 2.21. The second-order valence-electron chi connectivity index (χ2n) is 4.15. The summed E-state index contributed by atoms with van der Waals surface area (Å²) in [7, 11) is 0. The molecular formula is C12H14N4O3. The Labute approximate surface area is 109 Å². The molecule has 0 saturated carbocycles. The monoisotopic (exact) mass is 262 g/mol. The van der Waals surface area contributed by atoms with Gasteiger partial charge in [-0.15, -0.1) is 0 Å². The van der Waals surface area contributed by atoms with Gasteiger partial charge >= 0.3 is 0 Å². The van der Waals surface area contributed by atoms with Crippen LogP contribution in [0, 0.1) is 0 Å². The molecule has 1 fully saturated rings. The van der Waals surface area contributed by atoms with Crippen LogP contribution in [-0.4, -0.2) is 34.9 Å². The van der Waals surface area contributed by atoms with Crippen LogP contribution in [-0.2, 0) is 16.0 Å². The molecule has 0 radical (unpaired) electrons. The van der Waals surface area contributed by atoms with E-state index in [9.17, 15) is 0 Å². The summed E-state index contributed by atoms with van der Waals surface area (Å²) < 4.78 is 16.0. The summed E-state index contributed by atoms with van der Waals surface area (Å²) in [5, 5.41) is 3.90. The molecule has 2 N–H and O–H groups in total. The van der Waals surface area contributed by atoms with Crippen LogP contribution in [0.3, 0.4) is 0 Å². The lowest BCUT2D eigenvalue weighted by molar-refractivity contribution is -0.0941.